The largest absolute Gasteiger partial charge is 0.482 e. The van der Waals surface area contributed by atoms with Crippen LogP contribution in [0.15, 0.2) is 54.6 Å². The predicted molar refractivity (Wildman–Crippen MR) is 89.8 cm³/mol. The molecular formula is C18H17FN2O5. The topological polar surface area (TPSA) is 93.7 Å². The van der Waals surface area contributed by atoms with Crippen LogP contribution >= 0.6 is 0 Å². The molecule has 26 heavy (non-hydrogen) atoms. The Bertz CT molecular complexity index is 782. The predicted octanol–water partition coefficient (Wildman–Crippen LogP) is 1.94. The molecule has 2 rings (SSSR count). The first-order valence-electron chi connectivity index (χ1n) is 7.65. The van der Waals surface area contributed by atoms with Gasteiger partial charge < -0.3 is 14.8 Å². The lowest BCUT2D eigenvalue weighted by atomic mass is 10.1. The van der Waals surface area contributed by atoms with Crippen molar-refractivity contribution in [3.63, 3.8) is 0 Å². The molecule has 0 aliphatic carbocycles. The minimum atomic E-state index is -1.34. The monoisotopic (exact) mass is 360 g/mol. The summed E-state index contributed by atoms with van der Waals surface area (Å²) in [7, 11) is 1.35. The summed E-state index contributed by atoms with van der Waals surface area (Å²) in [6.07, 6.45) is -1.34. The quantitative estimate of drug-likeness (QED) is 0.768. The zero-order valence-electron chi connectivity index (χ0n) is 13.9. The molecule has 136 valence electrons. The lowest BCUT2D eigenvalue weighted by Crippen LogP contribution is -2.41. The van der Waals surface area contributed by atoms with Gasteiger partial charge in [-0.25, -0.2) is 14.0 Å². The third-order valence-electron chi connectivity index (χ3n) is 3.21. The Morgan fingerprint density at radius 2 is 1.81 bits per heavy atom. The minimum Gasteiger partial charge on any atom is -0.482 e. The molecule has 0 aromatic heterocycles. The maximum atomic E-state index is 13.1. The van der Waals surface area contributed by atoms with Crippen LogP contribution in [0.1, 0.15) is 11.7 Å². The minimum absolute atomic E-state index is 0.146. The summed E-state index contributed by atoms with van der Waals surface area (Å²) in [5.74, 6) is -2.03. The van der Waals surface area contributed by atoms with Gasteiger partial charge in [0, 0.05) is 18.7 Å². The smallest absolute Gasteiger partial charge is 0.345 e. The van der Waals surface area contributed by atoms with Crippen LogP contribution in [0.5, 0.6) is 5.75 Å². The number of halogens is 1. The summed E-state index contributed by atoms with van der Waals surface area (Å²) in [6.45, 7) is -0.528. The first kappa shape index (κ1) is 18.9. The zero-order chi connectivity index (χ0) is 18.9. The molecule has 3 amide bonds. The molecule has 2 aromatic rings. The van der Waals surface area contributed by atoms with E-state index in [4.69, 9.17) is 9.47 Å². The number of carbonyl (C=O) groups excluding carboxylic acids is 3. The van der Waals surface area contributed by atoms with Crippen LogP contribution in [0.2, 0.25) is 0 Å². The maximum Gasteiger partial charge on any atom is 0.345 e. The second-order valence-corrected chi connectivity index (χ2v) is 5.10. The molecule has 7 nitrogen and oxygen atoms in total. The van der Waals surface area contributed by atoms with Crippen LogP contribution in [0, 0.1) is 5.82 Å². The van der Waals surface area contributed by atoms with Crippen molar-refractivity contribution in [1.29, 1.82) is 0 Å². The lowest BCUT2D eigenvalue weighted by Gasteiger charge is -2.17. The van der Waals surface area contributed by atoms with Crippen LogP contribution in [0.3, 0.4) is 0 Å². The number of hydrogen-bond acceptors (Lipinski definition) is 5. The number of nitrogens with one attached hydrogen (secondary N) is 2. The van der Waals surface area contributed by atoms with E-state index in [1.54, 1.807) is 30.3 Å². The molecule has 1 atom stereocenters. The SMILES string of the molecule is CNC(=O)NC(=O)[C@H](OC(=O)COc1cccc(F)c1)c1ccccc1. The van der Waals surface area contributed by atoms with E-state index in [9.17, 15) is 18.8 Å². The highest BCUT2D eigenvalue weighted by atomic mass is 19.1. The Hall–Kier alpha value is -3.42. The second kappa shape index (κ2) is 9.16. The van der Waals surface area contributed by atoms with E-state index in [0.717, 1.165) is 6.07 Å². The molecule has 0 radical (unpaired) electrons. The Balaban J connectivity index is 2.04. The van der Waals surface area contributed by atoms with E-state index < -0.39 is 36.4 Å². The van der Waals surface area contributed by atoms with Gasteiger partial charge in [-0.2, -0.15) is 0 Å². The number of imide groups is 1. The van der Waals surface area contributed by atoms with Crippen LogP contribution in [0.25, 0.3) is 0 Å². The number of urea groups is 1. The fourth-order valence-electron chi connectivity index (χ4n) is 2.01. The van der Waals surface area contributed by atoms with Gasteiger partial charge in [-0.05, 0) is 12.1 Å². The number of carbonyl (C=O) groups is 3. The second-order valence-electron chi connectivity index (χ2n) is 5.10. The van der Waals surface area contributed by atoms with E-state index in [-0.39, 0.29) is 5.75 Å². The van der Waals surface area contributed by atoms with Gasteiger partial charge >= 0.3 is 12.0 Å². The molecule has 0 heterocycles. The van der Waals surface area contributed by atoms with Crippen molar-refractivity contribution in [2.45, 2.75) is 6.10 Å². The Labute approximate surface area is 149 Å². The molecular weight excluding hydrogens is 343 g/mol. The number of rotatable bonds is 6. The van der Waals surface area contributed by atoms with Crippen molar-refractivity contribution in [3.8, 4) is 5.75 Å². The average molecular weight is 360 g/mol. The highest BCUT2D eigenvalue weighted by molar-refractivity contribution is 5.97. The third kappa shape index (κ3) is 5.59. The van der Waals surface area contributed by atoms with Gasteiger partial charge in [0.05, 0.1) is 0 Å². The van der Waals surface area contributed by atoms with Crippen molar-refractivity contribution in [2.75, 3.05) is 13.7 Å². The van der Waals surface area contributed by atoms with Gasteiger partial charge in [0.25, 0.3) is 5.91 Å². The maximum absolute atomic E-state index is 13.1. The van der Waals surface area contributed by atoms with Crippen molar-refractivity contribution in [3.05, 3.63) is 66.0 Å². The van der Waals surface area contributed by atoms with E-state index >= 15 is 0 Å². The molecule has 2 N–H and O–H groups in total. The Morgan fingerprint density at radius 1 is 1.08 bits per heavy atom. The number of hydrogen-bond donors (Lipinski definition) is 2. The summed E-state index contributed by atoms with van der Waals surface area (Å²) in [6, 6.07) is 12.7. The first-order chi connectivity index (χ1) is 12.5. The normalized spacial score (nSPS) is 11.2. The standard InChI is InChI=1S/C18H17FN2O5/c1-20-18(24)21-17(23)16(12-6-3-2-4-7-12)26-15(22)11-25-14-9-5-8-13(19)10-14/h2-10,16H,11H2,1H3,(H2,20,21,23,24)/t16-/m1/s1. The first-order valence-corrected chi connectivity index (χ1v) is 7.65. The summed E-state index contributed by atoms with van der Waals surface area (Å²) >= 11 is 0. The van der Waals surface area contributed by atoms with Gasteiger partial charge in [-0.3, -0.25) is 10.1 Å². The molecule has 0 unspecified atom stereocenters. The molecule has 0 saturated carbocycles. The molecule has 0 aliphatic heterocycles. The van der Waals surface area contributed by atoms with Gasteiger partial charge in [0.1, 0.15) is 11.6 Å². The lowest BCUT2D eigenvalue weighted by molar-refractivity contribution is -0.158. The van der Waals surface area contributed by atoms with E-state index in [1.807, 2.05) is 0 Å². The number of esters is 1. The summed E-state index contributed by atoms with van der Waals surface area (Å²) < 4.78 is 23.4. The fourth-order valence-corrected chi connectivity index (χ4v) is 2.01. The van der Waals surface area contributed by atoms with Crippen LogP contribution in [-0.2, 0) is 14.3 Å². The van der Waals surface area contributed by atoms with Crippen molar-refractivity contribution in [2.24, 2.45) is 0 Å². The van der Waals surface area contributed by atoms with Crippen molar-refractivity contribution < 1.29 is 28.2 Å². The molecule has 0 fully saturated rings. The number of amides is 3. The Morgan fingerprint density at radius 3 is 2.46 bits per heavy atom. The van der Waals surface area contributed by atoms with Gasteiger partial charge in [0.15, 0.2) is 6.61 Å². The van der Waals surface area contributed by atoms with Crippen LogP contribution in [0.4, 0.5) is 9.18 Å². The van der Waals surface area contributed by atoms with Gasteiger partial charge in [-0.1, -0.05) is 36.4 Å². The number of benzene rings is 2. The summed E-state index contributed by atoms with van der Waals surface area (Å²) in [4.78, 5) is 35.6. The molecule has 2 aromatic carbocycles. The molecule has 0 spiro atoms. The van der Waals surface area contributed by atoms with Gasteiger partial charge in [-0.15, -0.1) is 0 Å². The highest BCUT2D eigenvalue weighted by Crippen LogP contribution is 2.18. The summed E-state index contributed by atoms with van der Waals surface area (Å²) in [5.41, 5.74) is 0.382. The fraction of sp³-hybridized carbons (Fsp3) is 0.167. The molecule has 0 bridgehead atoms. The Kier molecular flexibility index (Phi) is 6.67. The zero-order valence-corrected chi connectivity index (χ0v) is 13.9. The van der Waals surface area contributed by atoms with E-state index in [2.05, 4.69) is 10.6 Å². The third-order valence-corrected chi connectivity index (χ3v) is 3.21. The van der Waals surface area contributed by atoms with E-state index in [0.29, 0.717) is 5.56 Å². The van der Waals surface area contributed by atoms with Crippen LogP contribution < -0.4 is 15.4 Å². The number of ether oxygens (including phenoxy) is 2. The summed E-state index contributed by atoms with van der Waals surface area (Å²) in [5, 5.41) is 4.29. The molecule has 0 aliphatic rings. The molecule has 8 heteroatoms. The van der Waals surface area contributed by atoms with Crippen LogP contribution in [-0.4, -0.2) is 31.6 Å². The molecule has 0 saturated heterocycles. The van der Waals surface area contributed by atoms with E-state index in [1.165, 1.54) is 25.2 Å². The highest BCUT2D eigenvalue weighted by Gasteiger charge is 2.26. The van der Waals surface area contributed by atoms with Gasteiger partial charge in [0.2, 0.25) is 6.10 Å². The average Bonchev–Trinajstić information content (AvgIpc) is 2.65. The van der Waals surface area contributed by atoms with Crippen molar-refractivity contribution in [1.82, 2.24) is 10.6 Å². The van der Waals surface area contributed by atoms with Crippen molar-refractivity contribution >= 4 is 17.9 Å².